The first kappa shape index (κ1) is 20.4. The highest BCUT2D eigenvalue weighted by Crippen LogP contribution is 2.13. The minimum atomic E-state index is -0.595. The fourth-order valence-electron chi connectivity index (χ4n) is 2.29. The summed E-state index contributed by atoms with van der Waals surface area (Å²) >= 11 is 0. The Morgan fingerprint density at radius 1 is 1.10 bits per heavy atom. The van der Waals surface area contributed by atoms with Gasteiger partial charge >= 0.3 is 0 Å². The van der Waals surface area contributed by atoms with Crippen molar-refractivity contribution >= 4 is 5.91 Å². The molecule has 3 N–H and O–H groups in total. The highest BCUT2D eigenvalue weighted by Gasteiger charge is 2.30. The number of carbonyl (C=O) groups is 1. The van der Waals surface area contributed by atoms with E-state index in [1.54, 1.807) is 0 Å². The molecule has 0 bridgehead atoms. The van der Waals surface area contributed by atoms with Gasteiger partial charge in [-0.2, -0.15) is 0 Å². The van der Waals surface area contributed by atoms with Crippen LogP contribution in [-0.2, 0) is 4.79 Å². The average molecular weight is 300 g/mol. The predicted octanol–water partition coefficient (Wildman–Crippen LogP) is 2.62. The second-order valence-electron chi connectivity index (χ2n) is 7.18. The van der Waals surface area contributed by atoms with Crippen LogP contribution in [0.1, 0.15) is 60.8 Å². The lowest BCUT2D eigenvalue weighted by Crippen LogP contribution is -2.54. The Labute approximate surface area is 131 Å². The van der Waals surface area contributed by atoms with Gasteiger partial charge in [0.15, 0.2) is 0 Å². The molecule has 21 heavy (non-hydrogen) atoms. The lowest BCUT2D eigenvalue weighted by molar-refractivity contribution is -0.124. The quantitative estimate of drug-likeness (QED) is 0.582. The van der Waals surface area contributed by atoms with Gasteiger partial charge in [0.25, 0.3) is 0 Å². The number of rotatable bonds is 12. The molecule has 0 rings (SSSR count). The van der Waals surface area contributed by atoms with E-state index in [2.05, 4.69) is 37.9 Å². The van der Waals surface area contributed by atoms with Gasteiger partial charge in [-0.25, -0.2) is 0 Å². The highest BCUT2D eigenvalue weighted by molar-refractivity contribution is 5.84. The third kappa shape index (κ3) is 9.10. The van der Waals surface area contributed by atoms with Crippen molar-refractivity contribution in [1.82, 2.24) is 10.2 Å². The highest BCUT2D eigenvalue weighted by atomic mass is 16.1. The number of nitrogens with one attached hydrogen (secondary N) is 1. The van der Waals surface area contributed by atoms with Crippen molar-refractivity contribution < 1.29 is 4.79 Å². The van der Waals surface area contributed by atoms with Crippen molar-refractivity contribution in [3.05, 3.63) is 0 Å². The van der Waals surface area contributed by atoms with Gasteiger partial charge in [0.1, 0.15) is 0 Å². The van der Waals surface area contributed by atoms with Crippen LogP contribution in [-0.4, -0.2) is 42.5 Å². The Morgan fingerprint density at radius 2 is 1.57 bits per heavy atom. The number of primary amides is 1. The lowest BCUT2D eigenvalue weighted by Gasteiger charge is -2.31. The fraction of sp³-hybridized carbons (Fsp3) is 0.941. The molecule has 0 heterocycles. The maximum atomic E-state index is 11.7. The van der Waals surface area contributed by atoms with Crippen LogP contribution in [0.25, 0.3) is 0 Å². The number of amides is 1. The van der Waals surface area contributed by atoms with E-state index < -0.39 is 5.54 Å². The molecule has 0 fully saturated rings. The first-order valence-electron chi connectivity index (χ1n) is 8.48. The van der Waals surface area contributed by atoms with Gasteiger partial charge in [0.05, 0.1) is 5.54 Å². The Bertz CT molecular complexity index is 280. The van der Waals surface area contributed by atoms with Crippen molar-refractivity contribution in [3.8, 4) is 0 Å². The van der Waals surface area contributed by atoms with Gasteiger partial charge in [-0.3, -0.25) is 4.79 Å². The molecular formula is C17H37N3O. The van der Waals surface area contributed by atoms with E-state index in [4.69, 9.17) is 5.73 Å². The number of carbonyl (C=O) groups excluding carboxylic acids is 1. The van der Waals surface area contributed by atoms with Gasteiger partial charge < -0.3 is 16.0 Å². The second-order valence-corrected chi connectivity index (χ2v) is 7.18. The summed E-state index contributed by atoms with van der Waals surface area (Å²) in [6, 6.07) is 0. The molecule has 0 aromatic carbocycles. The van der Waals surface area contributed by atoms with E-state index in [9.17, 15) is 4.79 Å². The number of nitrogens with zero attached hydrogens (tertiary/aromatic N) is 1. The van der Waals surface area contributed by atoms with Crippen LogP contribution in [0.4, 0.5) is 0 Å². The number of hydrogen-bond acceptors (Lipinski definition) is 3. The van der Waals surface area contributed by atoms with Gasteiger partial charge in [-0.15, -0.1) is 0 Å². The van der Waals surface area contributed by atoms with E-state index in [-0.39, 0.29) is 5.91 Å². The summed E-state index contributed by atoms with van der Waals surface area (Å²) < 4.78 is 0. The molecule has 4 nitrogen and oxygen atoms in total. The molecule has 0 saturated heterocycles. The van der Waals surface area contributed by atoms with E-state index >= 15 is 0 Å². The topological polar surface area (TPSA) is 58.4 Å². The van der Waals surface area contributed by atoms with Crippen LogP contribution in [0.2, 0.25) is 0 Å². The summed E-state index contributed by atoms with van der Waals surface area (Å²) in [6.45, 7) is 16.8. The summed E-state index contributed by atoms with van der Waals surface area (Å²) in [4.78, 5) is 14.2. The van der Waals surface area contributed by atoms with Crippen LogP contribution in [0, 0.1) is 11.8 Å². The zero-order valence-corrected chi connectivity index (χ0v) is 15.0. The Kier molecular flexibility index (Phi) is 9.88. The van der Waals surface area contributed by atoms with Crippen molar-refractivity contribution in [2.45, 2.75) is 66.3 Å². The normalized spacial score (nSPS) is 14.9. The third-order valence-electron chi connectivity index (χ3n) is 4.08. The molecule has 1 atom stereocenters. The molecule has 126 valence electrons. The molecule has 0 spiro atoms. The van der Waals surface area contributed by atoms with Gasteiger partial charge in [0.2, 0.25) is 5.91 Å². The molecule has 1 amide bonds. The summed E-state index contributed by atoms with van der Waals surface area (Å²) in [5.41, 5.74) is 4.97. The van der Waals surface area contributed by atoms with Crippen molar-refractivity contribution in [2.24, 2.45) is 17.6 Å². The first-order chi connectivity index (χ1) is 9.71. The lowest BCUT2D eigenvalue weighted by atomic mass is 9.96. The smallest absolute Gasteiger partial charge is 0.237 e. The van der Waals surface area contributed by atoms with Crippen LogP contribution in [0.3, 0.4) is 0 Å². The largest absolute Gasteiger partial charge is 0.368 e. The number of nitrogens with two attached hydrogens (primary N) is 1. The minimum absolute atomic E-state index is 0.253. The van der Waals surface area contributed by atoms with E-state index in [1.165, 1.54) is 12.8 Å². The van der Waals surface area contributed by atoms with E-state index in [0.29, 0.717) is 11.8 Å². The molecule has 0 aliphatic heterocycles. The van der Waals surface area contributed by atoms with Crippen molar-refractivity contribution in [3.63, 3.8) is 0 Å². The Hall–Kier alpha value is -0.610. The summed E-state index contributed by atoms with van der Waals surface area (Å²) in [5, 5.41) is 3.24. The van der Waals surface area contributed by atoms with Gasteiger partial charge in [0, 0.05) is 6.54 Å². The minimum Gasteiger partial charge on any atom is -0.368 e. The number of hydrogen-bond donors (Lipinski definition) is 2. The molecule has 0 aromatic heterocycles. The maximum absolute atomic E-state index is 11.7. The molecule has 4 heteroatoms. The standard InChI is InChI=1S/C17H37N3O/c1-7-19-17(6,16(18)21)10-13-20(11-8-14(2)3)12-9-15(4)5/h14-15,19H,7-13H2,1-6H3,(H2,18,21). The Balaban J connectivity index is 4.51. The molecule has 0 aromatic rings. The summed E-state index contributed by atoms with van der Waals surface area (Å²) in [7, 11) is 0. The maximum Gasteiger partial charge on any atom is 0.237 e. The van der Waals surface area contributed by atoms with Crippen LogP contribution >= 0.6 is 0 Å². The second kappa shape index (κ2) is 10.2. The SMILES string of the molecule is CCNC(C)(CCN(CCC(C)C)CCC(C)C)C(N)=O. The first-order valence-corrected chi connectivity index (χ1v) is 8.48. The average Bonchev–Trinajstić information content (AvgIpc) is 2.37. The fourth-order valence-corrected chi connectivity index (χ4v) is 2.29. The van der Waals surface area contributed by atoms with Crippen LogP contribution in [0.5, 0.6) is 0 Å². The molecule has 1 unspecified atom stereocenters. The number of likely N-dealkylation sites (N-methyl/N-ethyl adjacent to an activating group) is 1. The monoisotopic (exact) mass is 299 g/mol. The van der Waals surface area contributed by atoms with Crippen LogP contribution in [0.15, 0.2) is 0 Å². The third-order valence-corrected chi connectivity index (χ3v) is 4.08. The zero-order valence-electron chi connectivity index (χ0n) is 15.0. The summed E-state index contributed by atoms with van der Waals surface area (Å²) in [5.74, 6) is 1.17. The molecule has 0 aliphatic carbocycles. The summed E-state index contributed by atoms with van der Waals surface area (Å²) in [6.07, 6.45) is 3.17. The molecule has 0 radical (unpaired) electrons. The van der Waals surface area contributed by atoms with E-state index in [0.717, 1.165) is 32.6 Å². The van der Waals surface area contributed by atoms with Crippen molar-refractivity contribution in [2.75, 3.05) is 26.2 Å². The van der Waals surface area contributed by atoms with Gasteiger partial charge in [-0.05, 0) is 57.7 Å². The van der Waals surface area contributed by atoms with E-state index in [1.807, 2.05) is 13.8 Å². The predicted molar refractivity (Wildman–Crippen MR) is 91.2 cm³/mol. The molecular weight excluding hydrogens is 262 g/mol. The molecule has 0 saturated carbocycles. The zero-order chi connectivity index (χ0) is 16.5. The Morgan fingerprint density at radius 3 is 1.90 bits per heavy atom. The van der Waals surface area contributed by atoms with Crippen LogP contribution < -0.4 is 11.1 Å². The van der Waals surface area contributed by atoms with Crippen molar-refractivity contribution in [1.29, 1.82) is 0 Å². The van der Waals surface area contributed by atoms with Gasteiger partial charge in [-0.1, -0.05) is 34.6 Å². The molecule has 0 aliphatic rings.